The van der Waals surface area contributed by atoms with Crippen molar-refractivity contribution in [1.29, 1.82) is 0 Å². The molecule has 0 fully saturated rings. The number of esters is 1. The number of rotatable bonds is 7. The third-order valence-electron chi connectivity index (χ3n) is 3.78. The van der Waals surface area contributed by atoms with Crippen molar-refractivity contribution in [3.63, 3.8) is 0 Å². The van der Waals surface area contributed by atoms with E-state index < -0.39 is 0 Å². The molecule has 2 aromatic carbocycles. The van der Waals surface area contributed by atoms with Crippen LogP contribution in [0, 0.1) is 5.92 Å². The van der Waals surface area contributed by atoms with Gasteiger partial charge >= 0.3 is 5.97 Å². The average molecular weight is 311 g/mol. The molecule has 122 valence electrons. The Hall–Kier alpha value is -2.13. The highest BCUT2D eigenvalue weighted by atomic mass is 16.5. The molecule has 0 amide bonds. The van der Waals surface area contributed by atoms with Gasteiger partial charge in [0, 0.05) is 0 Å². The van der Waals surface area contributed by atoms with Crippen molar-refractivity contribution in [3.05, 3.63) is 71.8 Å². The maximum atomic E-state index is 12.6. The topological polar surface area (TPSA) is 38.3 Å². The highest BCUT2D eigenvalue weighted by Crippen LogP contribution is 2.26. The van der Waals surface area contributed by atoms with Crippen LogP contribution in [0.25, 0.3) is 0 Å². The number of ether oxygens (including phenoxy) is 1. The molecule has 0 saturated heterocycles. The number of carbonyl (C=O) groups excluding carboxylic acids is 1. The van der Waals surface area contributed by atoms with E-state index >= 15 is 0 Å². The fourth-order valence-electron chi connectivity index (χ4n) is 2.59. The molecule has 0 heterocycles. The van der Waals surface area contributed by atoms with Gasteiger partial charge in [-0.2, -0.15) is 0 Å². The number of hydrogen-bond acceptors (Lipinski definition) is 3. The van der Waals surface area contributed by atoms with Crippen molar-refractivity contribution >= 4 is 5.97 Å². The number of carbonyl (C=O) groups is 1. The minimum absolute atomic E-state index is 0.209. The zero-order valence-electron chi connectivity index (χ0n) is 14.0. The zero-order chi connectivity index (χ0) is 16.7. The maximum absolute atomic E-state index is 12.6. The first-order valence-electron chi connectivity index (χ1n) is 8.09. The van der Waals surface area contributed by atoms with Crippen LogP contribution in [0.1, 0.15) is 37.5 Å². The van der Waals surface area contributed by atoms with Gasteiger partial charge in [0.2, 0.25) is 0 Å². The van der Waals surface area contributed by atoms with Crippen LogP contribution >= 0.6 is 0 Å². The fourth-order valence-corrected chi connectivity index (χ4v) is 2.59. The molecular formula is C20H25NO2. The molecule has 3 heteroatoms. The molecule has 23 heavy (non-hydrogen) atoms. The lowest BCUT2D eigenvalue weighted by atomic mass is 10.0. The quantitative estimate of drug-likeness (QED) is 0.787. The van der Waals surface area contributed by atoms with Crippen LogP contribution in [0.5, 0.6) is 0 Å². The summed E-state index contributed by atoms with van der Waals surface area (Å²) in [7, 11) is 1.80. The summed E-state index contributed by atoms with van der Waals surface area (Å²) in [4.78, 5) is 12.6. The SMILES string of the molecule is CN[C@@H](CC(C)C)C(=O)OC(c1ccccc1)c1ccccc1. The van der Waals surface area contributed by atoms with Gasteiger partial charge in [0.15, 0.2) is 6.10 Å². The van der Waals surface area contributed by atoms with Gasteiger partial charge in [0.25, 0.3) is 0 Å². The molecule has 0 aliphatic rings. The Morgan fingerprint density at radius 1 is 0.957 bits per heavy atom. The van der Waals surface area contributed by atoms with Gasteiger partial charge in [-0.15, -0.1) is 0 Å². The molecule has 0 aromatic heterocycles. The monoisotopic (exact) mass is 311 g/mol. The first kappa shape index (κ1) is 17.2. The molecule has 2 aromatic rings. The van der Waals surface area contributed by atoms with Crippen LogP contribution < -0.4 is 5.32 Å². The minimum atomic E-state index is -0.382. The third-order valence-corrected chi connectivity index (χ3v) is 3.78. The predicted molar refractivity (Wildman–Crippen MR) is 93.1 cm³/mol. The van der Waals surface area contributed by atoms with E-state index in [-0.39, 0.29) is 18.1 Å². The smallest absolute Gasteiger partial charge is 0.324 e. The van der Waals surface area contributed by atoms with E-state index in [1.807, 2.05) is 60.7 Å². The second kappa shape index (κ2) is 8.49. The second-order valence-electron chi connectivity index (χ2n) is 6.11. The van der Waals surface area contributed by atoms with E-state index in [4.69, 9.17) is 4.74 Å². The van der Waals surface area contributed by atoms with Crippen molar-refractivity contribution < 1.29 is 9.53 Å². The molecule has 0 aliphatic carbocycles. The van der Waals surface area contributed by atoms with Gasteiger partial charge in [-0.25, -0.2) is 0 Å². The number of nitrogens with one attached hydrogen (secondary N) is 1. The largest absolute Gasteiger partial charge is 0.451 e. The van der Waals surface area contributed by atoms with Crippen molar-refractivity contribution in [2.45, 2.75) is 32.4 Å². The average Bonchev–Trinajstić information content (AvgIpc) is 2.58. The van der Waals surface area contributed by atoms with Crippen LogP contribution in [0.2, 0.25) is 0 Å². The Bertz CT molecular complexity index is 556. The Labute approximate surface area is 138 Å². The van der Waals surface area contributed by atoms with Crippen LogP contribution in [-0.2, 0) is 9.53 Å². The molecule has 1 atom stereocenters. The lowest BCUT2D eigenvalue weighted by molar-refractivity contribution is -0.150. The van der Waals surface area contributed by atoms with E-state index in [9.17, 15) is 4.79 Å². The first-order chi connectivity index (χ1) is 11.1. The summed E-state index contributed by atoms with van der Waals surface area (Å²) in [6.45, 7) is 4.20. The second-order valence-corrected chi connectivity index (χ2v) is 6.11. The molecule has 3 nitrogen and oxygen atoms in total. The highest BCUT2D eigenvalue weighted by molar-refractivity contribution is 5.76. The minimum Gasteiger partial charge on any atom is -0.451 e. The summed E-state index contributed by atoms with van der Waals surface area (Å²) in [5, 5.41) is 3.07. The molecule has 0 radical (unpaired) electrons. The Morgan fingerprint density at radius 3 is 1.83 bits per heavy atom. The molecule has 0 spiro atoms. The van der Waals surface area contributed by atoms with Crippen molar-refractivity contribution in [3.8, 4) is 0 Å². The van der Waals surface area contributed by atoms with Crippen LogP contribution in [0.15, 0.2) is 60.7 Å². The first-order valence-corrected chi connectivity index (χ1v) is 8.09. The molecule has 2 rings (SSSR count). The van der Waals surface area contributed by atoms with Crippen LogP contribution in [0.3, 0.4) is 0 Å². The highest BCUT2D eigenvalue weighted by Gasteiger charge is 2.25. The van der Waals surface area contributed by atoms with E-state index in [0.717, 1.165) is 17.5 Å². The Kier molecular flexibility index (Phi) is 6.36. The zero-order valence-corrected chi connectivity index (χ0v) is 14.0. The summed E-state index contributed by atoms with van der Waals surface area (Å²) in [6.07, 6.45) is 0.374. The van der Waals surface area contributed by atoms with Crippen LogP contribution in [-0.4, -0.2) is 19.1 Å². The van der Waals surface area contributed by atoms with E-state index in [0.29, 0.717) is 5.92 Å². The van der Waals surface area contributed by atoms with Gasteiger partial charge in [0.1, 0.15) is 6.04 Å². The van der Waals surface area contributed by atoms with Crippen molar-refractivity contribution in [2.24, 2.45) is 5.92 Å². The summed E-state index contributed by atoms with van der Waals surface area (Å²) in [5.41, 5.74) is 1.96. The summed E-state index contributed by atoms with van der Waals surface area (Å²) in [6, 6.07) is 19.4. The number of likely N-dealkylation sites (N-methyl/N-ethyl adjacent to an activating group) is 1. The van der Waals surface area contributed by atoms with E-state index in [2.05, 4.69) is 19.2 Å². The molecule has 0 bridgehead atoms. The van der Waals surface area contributed by atoms with E-state index in [1.54, 1.807) is 7.05 Å². The van der Waals surface area contributed by atoms with Gasteiger partial charge in [0.05, 0.1) is 0 Å². The molecule has 1 N–H and O–H groups in total. The van der Waals surface area contributed by atoms with Gasteiger partial charge in [-0.3, -0.25) is 4.79 Å². The normalized spacial score (nSPS) is 12.4. The maximum Gasteiger partial charge on any atom is 0.324 e. The van der Waals surface area contributed by atoms with Crippen molar-refractivity contribution in [2.75, 3.05) is 7.05 Å². The standard InChI is InChI=1S/C20H25NO2/c1-15(2)14-18(21-3)20(22)23-19(16-10-6-4-7-11-16)17-12-8-5-9-13-17/h4-13,15,18-19,21H,14H2,1-3H3/t18-/m0/s1. The lowest BCUT2D eigenvalue weighted by Gasteiger charge is -2.23. The van der Waals surface area contributed by atoms with Gasteiger partial charge in [-0.05, 0) is 30.5 Å². The Morgan fingerprint density at radius 2 is 1.43 bits per heavy atom. The number of benzene rings is 2. The van der Waals surface area contributed by atoms with Gasteiger partial charge < -0.3 is 10.1 Å². The summed E-state index contributed by atoms with van der Waals surface area (Å²) < 4.78 is 5.88. The predicted octanol–water partition coefficient (Wildman–Crippen LogP) is 3.95. The molecule has 0 unspecified atom stereocenters. The molecule has 0 aliphatic heterocycles. The van der Waals surface area contributed by atoms with Gasteiger partial charge in [-0.1, -0.05) is 74.5 Å². The lowest BCUT2D eigenvalue weighted by Crippen LogP contribution is -2.37. The fraction of sp³-hybridized carbons (Fsp3) is 0.350. The van der Waals surface area contributed by atoms with Crippen LogP contribution in [0.4, 0.5) is 0 Å². The molecule has 0 saturated carbocycles. The Balaban J connectivity index is 2.23. The summed E-state index contributed by atoms with van der Waals surface area (Å²) >= 11 is 0. The third kappa shape index (κ3) is 4.93. The summed E-state index contributed by atoms with van der Waals surface area (Å²) in [5.74, 6) is 0.214. The van der Waals surface area contributed by atoms with Crippen molar-refractivity contribution in [1.82, 2.24) is 5.32 Å². The molecular weight excluding hydrogens is 286 g/mol. The van der Waals surface area contributed by atoms with E-state index in [1.165, 1.54) is 0 Å². The number of hydrogen-bond donors (Lipinski definition) is 1.